The maximum atomic E-state index is 12.5. The fourth-order valence-electron chi connectivity index (χ4n) is 2.68. The maximum absolute atomic E-state index is 12.5. The molecule has 134 valence electrons. The number of nitrogens with one attached hydrogen (secondary N) is 2. The third kappa shape index (κ3) is 4.49. The van der Waals surface area contributed by atoms with Crippen LogP contribution in [0.1, 0.15) is 35.7 Å². The number of benzene rings is 2. The zero-order chi connectivity index (χ0) is 18.4. The lowest BCUT2D eigenvalue weighted by molar-refractivity contribution is 0.102. The molecule has 0 aliphatic heterocycles. The van der Waals surface area contributed by atoms with Crippen LogP contribution in [-0.4, -0.2) is 17.9 Å². The van der Waals surface area contributed by atoms with Crippen LogP contribution in [0.4, 0.5) is 10.8 Å². The van der Waals surface area contributed by atoms with Crippen molar-refractivity contribution < 1.29 is 4.79 Å². The van der Waals surface area contributed by atoms with Gasteiger partial charge in [-0.15, -0.1) is 11.3 Å². The highest BCUT2D eigenvalue weighted by Gasteiger charge is 2.08. The van der Waals surface area contributed by atoms with E-state index in [1.165, 1.54) is 18.4 Å². The third-order valence-electron chi connectivity index (χ3n) is 4.17. The van der Waals surface area contributed by atoms with E-state index in [9.17, 15) is 4.79 Å². The molecule has 3 rings (SSSR count). The van der Waals surface area contributed by atoms with Gasteiger partial charge in [0.25, 0.3) is 5.91 Å². The Morgan fingerprint density at radius 3 is 2.65 bits per heavy atom. The molecule has 0 spiro atoms. The summed E-state index contributed by atoms with van der Waals surface area (Å²) in [6.45, 7) is 2.18. The zero-order valence-electron chi connectivity index (χ0n) is 15.1. The molecule has 3 aromatic rings. The summed E-state index contributed by atoms with van der Waals surface area (Å²) in [6, 6.07) is 15.6. The van der Waals surface area contributed by atoms with E-state index < -0.39 is 0 Å². The second-order valence-corrected chi connectivity index (χ2v) is 6.98. The number of nitrogens with zero attached hydrogens (tertiary/aromatic N) is 1. The molecule has 1 aromatic heterocycles. The Hall–Kier alpha value is -2.66. The van der Waals surface area contributed by atoms with Crippen LogP contribution in [0.15, 0.2) is 53.9 Å². The molecule has 1 heterocycles. The van der Waals surface area contributed by atoms with E-state index in [4.69, 9.17) is 0 Å². The number of hydrogen-bond acceptors (Lipinski definition) is 4. The van der Waals surface area contributed by atoms with Crippen LogP contribution in [0.25, 0.3) is 11.3 Å². The minimum atomic E-state index is -0.0987. The van der Waals surface area contributed by atoms with Crippen molar-refractivity contribution in [3.8, 4) is 11.3 Å². The average Bonchev–Trinajstić information content (AvgIpc) is 3.16. The standard InChI is InChI=1S/C21H23N3OS/c1-3-4-6-15-9-11-16(12-10-15)20(25)23-18-8-5-7-17(13-18)19-14-26-21(22-2)24-19/h5,7-14H,3-4,6H2,1-2H3,(H,22,24)(H,23,25). The molecule has 0 atom stereocenters. The predicted octanol–water partition coefficient (Wildman–Crippen LogP) is 5.45. The van der Waals surface area contributed by atoms with Crippen molar-refractivity contribution in [2.75, 3.05) is 17.7 Å². The van der Waals surface area contributed by atoms with E-state index in [0.717, 1.165) is 28.5 Å². The first-order valence-corrected chi connectivity index (χ1v) is 9.71. The minimum absolute atomic E-state index is 0.0987. The van der Waals surface area contributed by atoms with Gasteiger partial charge in [0.15, 0.2) is 5.13 Å². The first-order valence-electron chi connectivity index (χ1n) is 8.83. The Balaban J connectivity index is 1.70. The quantitative estimate of drug-likeness (QED) is 0.585. The molecule has 1 amide bonds. The van der Waals surface area contributed by atoms with Crippen LogP contribution in [0.2, 0.25) is 0 Å². The Morgan fingerprint density at radius 2 is 1.96 bits per heavy atom. The molecule has 0 aliphatic rings. The van der Waals surface area contributed by atoms with Gasteiger partial charge in [-0.25, -0.2) is 4.98 Å². The van der Waals surface area contributed by atoms with Gasteiger partial charge in [0.2, 0.25) is 0 Å². The van der Waals surface area contributed by atoms with Gasteiger partial charge in [-0.2, -0.15) is 0 Å². The molecule has 4 nitrogen and oxygen atoms in total. The topological polar surface area (TPSA) is 54.0 Å². The number of thiazole rings is 1. The van der Waals surface area contributed by atoms with E-state index >= 15 is 0 Å². The molecule has 26 heavy (non-hydrogen) atoms. The van der Waals surface area contributed by atoms with Gasteiger partial charge in [0.1, 0.15) is 0 Å². The summed E-state index contributed by atoms with van der Waals surface area (Å²) in [5.41, 5.74) is 4.59. The Kier molecular flexibility index (Phi) is 6.02. The van der Waals surface area contributed by atoms with Crippen molar-refractivity contribution in [3.05, 3.63) is 65.0 Å². The molecule has 0 saturated heterocycles. The number of aryl methyl sites for hydroxylation is 1. The monoisotopic (exact) mass is 365 g/mol. The average molecular weight is 366 g/mol. The molecular formula is C21H23N3OS. The first kappa shape index (κ1) is 18.1. The molecule has 0 unspecified atom stereocenters. The van der Waals surface area contributed by atoms with E-state index in [0.29, 0.717) is 5.56 Å². The zero-order valence-corrected chi connectivity index (χ0v) is 15.9. The summed E-state index contributed by atoms with van der Waals surface area (Å²) >= 11 is 1.56. The molecule has 0 aliphatic carbocycles. The van der Waals surface area contributed by atoms with Crippen molar-refractivity contribution >= 4 is 28.1 Å². The second-order valence-electron chi connectivity index (χ2n) is 6.12. The second kappa shape index (κ2) is 8.63. The lowest BCUT2D eigenvalue weighted by Gasteiger charge is -2.08. The lowest BCUT2D eigenvalue weighted by atomic mass is 10.1. The number of carbonyl (C=O) groups is 1. The van der Waals surface area contributed by atoms with E-state index in [1.54, 1.807) is 11.3 Å². The van der Waals surface area contributed by atoms with E-state index in [-0.39, 0.29) is 5.91 Å². The molecule has 2 N–H and O–H groups in total. The van der Waals surface area contributed by atoms with Crippen molar-refractivity contribution in [2.24, 2.45) is 0 Å². The van der Waals surface area contributed by atoms with Crippen LogP contribution in [0.5, 0.6) is 0 Å². The fraction of sp³-hybridized carbons (Fsp3) is 0.238. The number of anilines is 2. The van der Waals surface area contributed by atoms with Gasteiger partial charge in [0.05, 0.1) is 5.69 Å². The van der Waals surface area contributed by atoms with Crippen LogP contribution >= 0.6 is 11.3 Å². The maximum Gasteiger partial charge on any atom is 0.255 e. The molecule has 2 aromatic carbocycles. The smallest absolute Gasteiger partial charge is 0.255 e. The minimum Gasteiger partial charge on any atom is -0.365 e. The number of aromatic nitrogens is 1. The van der Waals surface area contributed by atoms with Gasteiger partial charge < -0.3 is 10.6 Å². The largest absolute Gasteiger partial charge is 0.365 e. The van der Waals surface area contributed by atoms with Crippen molar-refractivity contribution in [1.82, 2.24) is 4.98 Å². The highest BCUT2D eigenvalue weighted by molar-refractivity contribution is 7.14. The summed E-state index contributed by atoms with van der Waals surface area (Å²) < 4.78 is 0. The van der Waals surface area contributed by atoms with Gasteiger partial charge >= 0.3 is 0 Å². The van der Waals surface area contributed by atoms with Crippen molar-refractivity contribution in [1.29, 1.82) is 0 Å². The van der Waals surface area contributed by atoms with E-state index in [2.05, 4.69) is 22.5 Å². The van der Waals surface area contributed by atoms with Gasteiger partial charge in [0, 0.05) is 29.2 Å². The number of unbranched alkanes of at least 4 members (excludes halogenated alkanes) is 1. The fourth-order valence-corrected chi connectivity index (χ4v) is 3.37. The summed E-state index contributed by atoms with van der Waals surface area (Å²) in [6.07, 6.45) is 3.40. The highest BCUT2D eigenvalue weighted by atomic mass is 32.1. The Labute approximate surface area is 158 Å². The first-order chi connectivity index (χ1) is 12.7. The third-order valence-corrected chi connectivity index (χ3v) is 5.03. The summed E-state index contributed by atoms with van der Waals surface area (Å²) in [4.78, 5) is 17.0. The summed E-state index contributed by atoms with van der Waals surface area (Å²) in [7, 11) is 1.85. The number of hydrogen-bond donors (Lipinski definition) is 2. The van der Waals surface area contributed by atoms with Crippen LogP contribution in [0, 0.1) is 0 Å². The molecule has 0 saturated carbocycles. The van der Waals surface area contributed by atoms with Crippen LogP contribution < -0.4 is 10.6 Å². The van der Waals surface area contributed by atoms with E-state index in [1.807, 2.05) is 61.0 Å². The van der Waals surface area contributed by atoms with Crippen molar-refractivity contribution in [2.45, 2.75) is 26.2 Å². The molecule has 5 heteroatoms. The normalized spacial score (nSPS) is 10.5. The lowest BCUT2D eigenvalue weighted by Crippen LogP contribution is -2.11. The molecular weight excluding hydrogens is 342 g/mol. The van der Waals surface area contributed by atoms with Crippen LogP contribution in [-0.2, 0) is 6.42 Å². The van der Waals surface area contributed by atoms with Gasteiger partial charge in [-0.05, 0) is 42.7 Å². The predicted molar refractivity (Wildman–Crippen MR) is 110 cm³/mol. The highest BCUT2D eigenvalue weighted by Crippen LogP contribution is 2.26. The Morgan fingerprint density at radius 1 is 1.15 bits per heavy atom. The Bertz CT molecular complexity index is 871. The van der Waals surface area contributed by atoms with Gasteiger partial charge in [-0.3, -0.25) is 4.79 Å². The molecule has 0 fully saturated rings. The van der Waals surface area contributed by atoms with Crippen LogP contribution in [0.3, 0.4) is 0 Å². The van der Waals surface area contributed by atoms with Crippen molar-refractivity contribution in [3.63, 3.8) is 0 Å². The molecule has 0 bridgehead atoms. The molecule has 0 radical (unpaired) electrons. The number of carbonyl (C=O) groups excluding carboxylic acids is 1. The summed E-state index contributed by atoms with van der Waals surface area (Å²) in [5.74, 6) is -0.0987. The number of rotatable bonds is 7. The van der Waals surface area contributed by atoms with Gasteiger partial charge in [-0.1, -0.05) is 37.6 Å². The summed E-state index contributed by atoms with van der Waals surface area (Å²) in [5, 5.41) is 8.89. The SMILES string of the molecule is CCCCc1ccc(C(=O)Nc2cccc(-c3csc(NC)n3)c2)cc1. The number of amides is 1.